The molecule has 2 fully saturated rings. The summed E-state index contributed by atoms with van der Waals surface area (Å²) in [7, 11) is 1.36. The maximum atomic E-state index is 11.5. The summed E-state index contributed by atoms with van der Waals surface area (Å²) in [5, 5.41) is 10.6. The number of hydrogen-bond acceptors (Lipinski definition) is 6. The number of pyridine rings is 1. The van der Waals surface area contributed by atoms with Crippen LogP contribution in [0.15, 0.2) is 42.6 Å². The average Bonchev–Trinajstić information content (AvgIpc) is 3.11. The van der Waals surface area contributed by atoms with E-state index in [0.29, 0.717) is 23.1 Å². The second-order valence-corrected chi connectivity index (χ2v) is 7.79. The molecule has 0 bridgehead atoms. The Kier molecular flexibility index (Phi) is 5.22. The summed E-state index contributed by atoms with van der Waals surface area (Å²) in [5.41, 5.74) is 2.70. The van der Waals surface area contributed by atoms with Crippen LogP contribution >= 0.6 is 0 Å². The molecule has 148 valence electrons. The summed E-state index contributed by atoms with van der Waals surface area (Å²) in [4.78, 5) is 18.2. The van der Waals surface area contributed by atoms with Gasteiger partial charge < -0.3 is 19.5 Å². The lowest BCUT2D eigenvalue weighted by molar-refractivity contribution is -0.0231. The lowest BCUT2D eigenvalue weighted by Gasteiger charge is -2.35. The predicted molar refractivity (Wildman–Crippen MR) is 106 cm³/mol. The molecule has 0 radical (unpaired) electrons. The third-order valence-electron chi connectivity index (χ3n) is 5.89. The smallest absolute Gasteiger partial charge is 0.337 e. The number of aliphatic hydroxyl groups excluding tert-OH is 1. The number of hydrogen-bond donors (Lipinski definition) is 1. The van der Waals surface area contributed by atoms with Crippen molar-refractivity contribution in [2.24, 2.45) is 11.8 Å². The minimum absolute atomic E-state index is 0.232. The first-order valence-corrected chi connectivity index (χ1v) is 9.74. The molecule has 0 spiro atoms. The molecular formula is C22H26N2O4. The van der Waals surface area contributed by atoms with E-state index in [0.717, 1.165) is 31.6 Å². The zero-order valence-corrected chi connectivity index (χ0v) is 16.2. The Balaban J connectivity index is 1.41. The summed E-state index contributed by atoms with van der Waals surface area (Å²) in [6.07, 6.45) is 2.71. The van der Waals surface area contributed by atoms with Gasteiger partial charge in [0.25, 0.3) is 0 Å². The third-order valence-corrected chi connectivity index (χ3v) is 5.89. The van der Waals surface area contributed by atoms with E-state index in [1.807, 2.05) is 13.1 Å². The Bertz CT molecular complexity index is 839. The number of aryl methyl sites for hydroxylation is 1. The van der Waals surface area contributed by atoms with E-state index in [-0.39, 0.29) is 12.1 Å². The second kappa shape index (κ2) is 7.80. The fourth-order valence-electron chi connectivity index (χ4n) is 4.42. The summed E-state index contributed by atoms with van der Waals surface area (Å²) < 4.78 is 10.8. The minimum Gasteiger partial charge on any atom is -0.488 e. The van der Waals surface area contributed by atoms with Crippen LogP contribution in [0.25, 0.3) is 0 Å². The Labute approximate surface area is 165 Å². The van der Waals surface area contributed by atoms with Gasteiger partial charge in [-0.1, -0.05) is 0 Å². The number of carbonyl (C=O) groups excluding carboxylic acids is 1. The molecule has 0 amide bonds. The number of esters is 1. The van der Waals surface area contributed by atoms with Crippen LogP contribution in [-0.2, 0) is 4.74 Å². The van der Waals surface area contributed by atoms with Crippen LogP contribution < -0.4 is 9.64 Å². The molecule has 6 heteroatoms. The van der Waals surface area contributed by atoms with E-state index in [2.05, 4.69) is 22.0 Å². The molecule has 1 saturated heterocycles. The molecule has 4 rings (SSSR count). The molecule has 4 atom stereocenters. The standard InChI is InChI=1S/C22H26N2O4/c1-14-9-18(7-8-23-14)24-12-16-10-20(25)21(11-17(16)13-24)28-19-5-3-15(4-6-19)22(26)27-2/h3-9,16-17,20-21,25H,10-13H2,1-2H3/t16-,17+,20+,21+/m0/s1. The highest BCUT2D eigenvalue weighted by Gasteiger charge is 2.42. The molecule has 2 heterocycles. The number of nitrogens with zero attached hydrogens (tertiary/aromatic N) is 2. The lowest BCUT2D eigenvalue weighted by atomic mass is 9.78. The van der Waals surface area contributed by atoms with Crippen LogP contribution in [0.4, 0.5) is 5.69 Å². The zero-order valence-electron chi connectivity index (χ0n) is 16.2. The topological polar surface area (TPSA) is 71.9 Å². The molecule has 1 aromatic heterocycles. The summed E-state index contributed by atoms with van der Waals surface area (Å²) >= 11 is 0. The fourth-order valence-corrected chi connectivity index (χ4v) is 4.42. The van der Waals surface area contributed by atoms with Crippen molar-refractivity contribution in [3.8, 4) is 5.75 Å². The number of aliphatic hydroxyl groups is 1. The van der Waals surface area contributed by atoms with Crippen molar-refractivity contribution in [1.29, 1.82) is 0 Å². The maximum absolute atomic E-state index is 11.5. The molecule has 28 heavy (non-hydrogen) atoms. The number of benzene rings is 1. The van der Waals surface area contributed by atoms with Gasteiger partial charge in [0.15, 0.2) is 0 Å². The van der Waals surface area contributed by atoms with Gasteiger partial charge in [-0.25, -0.2) is 4.79 Å². The summed E-state index contributed by atoms with van der Waals surface area (Å²) in [5.74, 6) is 1.26. The minimum atomic E-state index is -0.486. The van der Waals surface area contributed by atoms with E-state index in [1.165, 1.54) is 12.8 Å². The van der Waals surface area contributed by atoms with Crippen molar-refractivity contribution in [1.82, 2.24) is 4.98 Å². The van der Waals surface area contributed by atoms with Gasteiger partial charge in [-0.15, -0.1) is 0 Å². The zero-order chi connectivity index (χ0) is 19.7. The molecule has 1 aromatic carbocycles. The average molecular weight is 382 g/mol. The number of methoxy groups -OCH3 is 1. The number of anilines is 1. The molecule has 0 unspecified atom stereocenters. The first-order valence-electron chi connectivity index (χ1n) is 9.74. The number of rotatable bonds is 4. The van der Waals surface area contributed by atoms with Gasteiger partial charge >= 0.3 is 5.97 Å². The predicted octanol–water partition coefficient (Wildman–Crippen LogP) is 2.83. The largest absolute Gasteiger partial charge is 0.488 e. The van der Waals surface area contributed by atoms with E-state index in [9.17, 15) is 9.90 Å². The highest BCUT2D eigenvalue weighted by molar-refractivity contribution is 5.89. The Morgan fingerprint density at radius 2 is 1.86 bits per heavy atom. The van der Waals surface area contributed by atoms with Crippen LogP contribution in [0.2, 0.25) is 0 Å². The monoisotopic (exact) mass is 382 g/mol. The second-order valence-electron chi connectivity index (χ2n) is 7.79. The van der Waals surface area contributed by atoms with E-state index in [1.54, 1.807) is 24.3 Å². The van der Waals surface area contributed by atoms with Gasteiger partial charge in [0.2, 0.25) is 0 Å². The number of ether oxygens (including phenoxy) is 2. The van der Waals surface area contributed by atoms with Gasteiger partial charge in [0.1, 0.15) is 11.9 Å². The normalized spacial score (nSPS) is 26.6. The summed E-state index contributed by atoms with van der Waals surface area (Å²) in [6, 6.07) is 11.0. The van der Waals surface area contributed by atoms with Crippen molar-refractivity contribution in [3.63, 3.8) is 0 Å². The molecule has 2 aliphatic rings. The van der Waals surface area contributed by atoms with E-state index < -0.39 is 6.10 Å². The number of fused-ring (bicyclic) bond motifs is 1. The van der Waals surface area contributed by atoms with E-state index in [4.69, 9.17) is 9.47 Å². The van der Waals surface area contributed by atoms with Gasteiger partial charge in [-0.05, 0) is 68.0 Å². The maximum Gasteiger partial charge on any atom is 0.337 e. The lowest BCUT2D eigenvalue weighted by Crippen LogP contribution is -2.42. The van der Waals surface area contributed by atoms with Gasteiger partial charge in [0, 0.05) is 30.7 Å². The molecule has 1 N–H and O–H groups in total. The van der Waals surface area contributed by atoms with Crippen LogP contribution in [0, 0.1) is 18.8 Å². The molecule has 1 saturated carbocycles. The molecule has 2 aromatic rings. The Hall–Kier alpha value is -2.60. The quantitative estimate of drug-likeness (QED) is 0.820. The third kappa shape index (κ3) is 3.83. The van der Waals surface area contributed by atoms with Crippen molar-refractivity contribution < 1.29 is 19.4 Å². The van der Waals surface area contributed by atoms with Gasteiger partial charge in [-0.3, -0.25) is 4.98 Å². The molecular weight excluding hydrogens is 356 g/mol. The highest BCUT2D eigenvalue weighted by atomic mass is 16.5. The van der Waals surface area contributed by atoms with Crippen LogP contribution in [-0.4, -0.2) is 48.5 Å². The van der Waals surface area contributed by atoms with Crippen LogP contribution in [0.5, 0.6) is 5.75 Å². The van der Waals surface area contributed by atoms with Crippen LogP contribution in [0.3, 0.4) is 0 Å². The van der Waals surface area contributed by atoms with Gasteiger partial charge in [-0.2, -0.15) is 0 Å². The Morgan fingerprint density at radius 1 is 1.14 bits per heavy atom. The highest BCUT2D eigenvalue weighted by Crippen LogP contribution is 2.39. The molecule has 1 aliphatic heterocycles. The van der Waals surface area contributed by atoms with Crippen molar-refractivity contribution in [2.75, 3.05) is 25.1 Å². The number of carbonyl (C=O) groups is 1. The first kappa shape index (κ1) is 18.7. The SMILES string of the molecule is COC(=O)c1ccc(O[C@@H]2C[C@@H]3CN(c4ccnc(C)c4)C[C@@H]3C[C@H]2O)cc1. The Morgan fingerprint density at radius 3 is 2.54 bits per heavy atom. The fraction of sp³-hybridized carbons (Fsp3) is 0.455. The first-order chi connectivity index (χ1) is 13.5. The summed E-state index contributed by atoms with van der Waals surface area (Å²) in [6.45, 7) is 3.94. The van der Waals surface area contributed by atoms with E-state index >= 15 is 0 Å². The molecule has 1 aliphatic carbocycles. The van der Waals surface area contributed by atoms with Crippen LogP contribution in [0.1, 0.15) is 28.9 Å². The number of aromatic nitrogens is 1. The van der Waals surface area contributed by atoms with Crippen molar-refractivity contribution in [2.45, 2.75) is 32.0 Å². The van der Waals surface area contributed by atoms with Gasteiger partial charge in [0.05, 0.1) is 18.8 Å². The molecule has 6 nitrogen and oxygen atoms in total. The van der Waals surface area contributed by atoms with Crippen molar-refractivity contribution >= 4 is 11.7 Å². The van der Waals surface area contributed by atoms with Crippen molar-refractivity contribution in [3.05, 3.63) is 53.9 Å².